The highest BCUT2D eigenvalue weighted by molar-refractivity contribution is 8.00. The summed E-state index contributed by atoms with van der Waals surface area (Å²) in [6, 6.07) is 4.24. The topological polar surface area (TPSA) is 124 Å². The number of nitrogens with zero attached hydrogens (tertiary/aromatic N) is 4. The number of fused-ring (bicyclic) bond motifs is 1. The second kappa shape index (κ2) is 10.5. The molecule has 1 aromatic heterocycles. The lowest BCUT2D eigenvalue weighted by Gasteiger charge is -2.14. The van der Waals surface area contributed by atoms with Crippen LogP contribution in [0.25, 0.3) is 10.2 Å². The van der Waals surface area contributed by atoms with Gasteiger partial charge in [-0.15, -0.1) is 11.8 Å². The van der Waals surface area contributed by atoms with E-state index in [2.05, 4.69) is 4.99 Å². The molecule has 0 aliphatic carbocycles. The molecule has 31 heavy (non-hydrogen) atoms. The number of esters is 1. The summed E-state index contributed by atoms with van der Waals surface area (Å²) < 4.78 is 7.03. The first-order valence-electron chi connectivity index (χ1n) is 9.75. The Morgan fingerprint density at radius 3 is 2.68 bits per heavy atom. The van der Waals surface area contributed by atoms with Gasteiger partial charge in [0.25, 0.3) is 11.6 Å². The van der Waals surface area contributed by atoms with Crippen molar-refractivity contribution < 1.29 is 24.0 Å². The van der Waals surface area contributed by atoms with E-state index >= 15 is 0 Å². The molecule has 2 heterocycles. The van der Waals surface area contributed by atoms with Crippen LogP contribution in [-0.2, 0) is 25.7 Å². The Morgan fingerprint density at radius 2 is 2.00 bits per heavy atom. The Bertz CT molecular complexity index is 1070. The first kappa shape index (κ1) is 22.9. The largest absolute Gasteiger partial charge is 0.465 e. The number of nitro benzene ring substituents is 1. The summed E-state index contributed by atoms with van der Waals surface area (Å²) >= 11 is 2.28. The molecular weight excluding hydrogens is 444 g/mol. The molecule has 0 atom stereocenters. The SMILES string of the molecule is CCOC(=O)Cn1c(=NC(=O)CSCC(=O)N2CCCC2)sc2cc([N+](=O)[O-])ccc21. The maximum Gasteiger partial charge on any atom is 0.326 e. The summed E-state index contributed by atoms with van der Waals surface area (Å²) in [5.41, 5.74) is 0.456. The molecule has 3 rings (SSSR count). The van der Waals surface area contributed by atoms with E-state index in [1.807, 2.05) is 0 Å². The number of carbonyl (C=O) groups excluding carboxylic acids is 3. The van der Waals surface area contributed by atoms with Crippen LogP contribution in [0, 0.1) is 10.1 Å². The first-order chi connectivity index (χ1) is 14.9. The number of benzene rings is 1. The van der Waals surface area contributed by atoms with E-state index in [0.29, 0.717) is 10.2 Å². The number of hydrogen-bond donors (Lipinski definition) is 0. The van der Waals surface area contributed by atoms with Crippen molar-refractivity contribution in [3.8, 4) is 0 Å². The lowest BCUT2D eigenvalue weighted by atomic mass is 10.3. The summed E-state index contributed by atoms with van der Waals surface area (Å²) in [5.74, 6) is -0.699. The van der Waals surface area contributed by atoms with E-state index < -0.39 is 16.8 Å². The molecule has 2 aromatic rings. The molecule has 0 N–H and O–H groups in total. The van der Waals surface area contributed by atoms with Gasteiger partial charge in [-0.05, 0) is 25.8 Å². The molecule has 0 bridgehead atoms. The number of carbonyl (C=O) groups is 3. The molecule has 1 aromatic carbocycles. The summed E-state index contributed by atoms with van der Waals surface area (Å²) in [6.45, 7) is 3.25. The molecule has 0 radical (unpaired) electrons. The summed E-state index contributed by atoms with van der Waals surface area (Å²) in [7, 11) is 0. The average Bonchev–Trinajstić information content (AvgIpc) is 3.36. The van der Waals surface area contributed by atoms with Crippen molar-refractivity contribution in [2.75, 3.05) is 31.2 Å². The van der Waals surface area contributed by atoms with Gasteiger partial charge in [0.1, 0.15) is 6.54 Å². The van der Waals surface area contributed by atoms with Gasteiger partial charge < -0.3 is 14.2 Å². The number of thioether (sulfide) groups is 1. The minimum absolute atomic E-state index is 0.0156. The van der Waals surface area contributed by atoms with Crippen LogP contribution in [0.1, 0.15) is 19.8 Å². The fourth-order valence-corrected chi connectivity index (χ4v) is 4.95. The zero-order valence-electron chi connectivity index (χ0n) is 16.9. The zero-order valence-corrected chi connectivity index (χ0v) is 18.6. The number of likely N-dealkylation sites (tertiary alicyclic amines) is 1. The minimum Gasteiger partial charge on any atom is -0.465 e. The summed E-state index contributed by atoms with van der Waals surface area (Å²) in [5, 5.41) is 11.1. The van der Waals surface area contributed by atoms with Gasteiger partial charge in [-0.3, -0.25) is 24.5 Å². The van der Waals surface area contributed by atoms with Crippen LogP contribution in [0.15, 0.2) is 23.2 Å². The third-order valence-corrected chi connectivity index (χ3v) is 6.54. The molecule has 1 aliphatic rings. The molecule has 1 aliphatic heterocycles. The van der Waals surface area contributed by atoms with E-state index in [1.54, 1.807) is 11.8 Å². The minimum atomic E-state index is -0.509. The molecule has 12 heteroatoms. The van der Waals surface area contributed by atoms with Crippen LogP contribution in [0.2, 0.25) is 0 Å². The van der Waals surface area contributed by atoms with Crippen LogP contribution in [0.4, 0.5) is 5.69 Å². The fourth-order valence-electron chi connectivity index (χ4n) is 3.17. The Kier molecular flexibility index (Phi) is 7.80. The molecule has 2 amide bonds. The number of thiazole rings is 1. The van der Waals surface area contributed by atoms with Gasteiger partial charge in [-0.1, -0.05) is 11.3 Å². The van der Waals surface area contributed by atoms with E-state index in [4.69, 9.17) is 4.74 Å². The smallest absolute Gasteiger partial charge is 0.326 e. The van der Waals surface area contributed by atoms with Crippen molar-refractivity contribution in [1.82, 2.24) is 9.47 Å². The first-order valence-corrected chi connectivity index (χ1v) is 11.7. The van der Waals surface area contributed by atoms with Crippen molar-refractivity contribution in [2.45, 2.75) is 26.3 Å². The van der Waals surface area contributed by atoms with Crippen LogP contribution >= 0.6 is 23.1 Å². The predicted molar refractivity (Wildman–Crippen MR) is 117 cm³/mol. The molecule has 166 valence electrons. The van der Waals surface area contributed by atoms with Gasteiger partial charge in [0, 0.05) is 25.2 Å². The van der Waals surface area contributed by atoms with E-state index in [0.717, 1.165) is 37.3 Å². The molecule has 0 unspecified atom stereocenters. The maximum absolute atomic E-state index is 12.4. The van der Waals surface area contributed by atoms with Crippen molar-refractivity contribution in [1.29, 1.82) is 0 Å². The van der Waals surface area contributed by atoms with Crippen molar-refractivity contribution in [3.05, 3.63) is 33.1 Å². The number of aromatic nitrogens is 1. The van der Waals surface area contributed by atoms with Gasteiger partial charge in [0.05, 0.1) is 33.3 Å². The lowest BCUT2D eigenvalue weighted by Crippen LogP contribution is -2.29. The van der Waals surface area contributed by atoms with E-state index in [1.165, 1.54) is 34.5 Å². The normalized spacial score (nSPS) is 14.2. The summed E-state index contributed by atoms with van der Waals surface area (Å²) in [6.07, 6.45) is 2.02. The second-order valence-corrected chi connectivity index (χ2v) is 8.77. The third-order valence-electron chi connectivity index (χ3n) is 4.60. The van der Waals surface area contributed by atoms with Gasteiger partial charge in [-0.25, -0.2) is 0 Å². The Morgan fingerprint density at radius 1 is 1.26 bits per heavy atom. The second-order valence-electron chi connectivity index (χ2n) is 6.77. The number of nitro groups is 1. The van der Waals surface area contributed by atoms with E-state index in [9.17, 15) is 24.5 Å². The van der Waals surface area contributed by atoms with E-state index in [-0.39, 0.29) is 41.1 Å². The van der Waals surface area contributed by atoms with Crippen molar-refractivity contribution in [2.24, 2.45) is 4.99 Å². The molecule has 0 saturated carbocycles. The molecule has 1 saturated heterocycles. The quantitative estimate of drug-likeness (QED) is 0.331. The Labute approximate surface area is 186 Å². The molecule has 10 nitrogen and oxygen atoms in total. The Hall–Kier alpha value is -2.73. The van der Waals surface area contributed by atoms with Gasteiger partial charge in [0.2, 0.25) is 5.91 Å². The maximum atomic E-state index is 12.4. The van der Waals surface area contributed by atoms with Crippen molar-refractivity contribution in [3.63, 3.8) is 0 Å². The molecule has 1 fully saturated rings. The zero-order chi connectivity index (χ0) is 22.4. The number of hydrogen-bond acceptors (Lipinski definition) is 8. The third kappa shape index (κ3) is 5.91. The fraction of sp³-hybridized carbons (Fsp3) is 0.474. The van der Waals surface area contributed by atoms with Gasteiger partial charge in [-0.2, -0.15) is 4.99 Å². The number of amides is 2. The van der Waals surface area contributed by atoms with Crippen LogP contribution in [0.5, 0.6) is 0 Å². The van der Waals surface area contributed by atoms with Crippen molar-refractivity contribution >= 4 is 56.8 Å². The highest BCUT2D eigenvalue weighted by atomic mass is 32.2. The van der Waals surface area contributed by atoms with Crippen LogP contribution in [-0.4, -0.2) is 63.4 Å². The molecular formula is C19H22N4O6S2. The van der Waals surface area contributed by atoms with Gasteiger partial charge >= 0.3 is 5.97 Å². The summed E-state index contributed by atoms with van der Waals surface area (Å²) in [4.78, 5) is 53.2. The standard InChI is InChI=1S/C19H22N4O6S2/c1-2-29-18(26)10-22-14-6-5-13(23(27)28)9-15(14)31-19(22)20-16(24)11-30-12-17(25)21-7-3-4-8-21/h5-6,9H,2-4,7-8,10-12H2,1H3. The average molecular weight is 467 g/mol. The van der Waals surface area contributed by atoms with Crippen LogP contribution in [0.3, 0.4) is 0 Å². The highest BCUT2D eigenvalue weighted by Gasteiger charge is 2.18. The lowest BCUT2D eigenvalue weighted by molar-refractivity contribution is -0.384. The Balaban J connectivity index is 1.79. The number of ether oxygens (including phenoxy) is 1. The number of rotatable bonds is 8. The monoisotopic (exact) mass is 466 g/mol. The van der Waals surface area contributed by atoms with Gasteiger partial charge in [0.15, 0.2) is 4.80 Å². The van der Waals surface area contributed by atoms with Crippen LogP contribution < -0.4 is 4.80 Å². The molecule has 0 spiro atoms. The predicted octanol–water partition coefficient (Wildman–Crippen LogP) is 1.96. The number of non-ortho nitro benzene ring substituents is 1. The highest BCUT2D eigenvalue weighted by Crippen LogP contribution is 2.23.